The van der Waals surface area contributed by atoms with Gasteiger partial charge in [0.15, 0.2) is 0 Å². The molecule has 0 aromatic carbocycles. The molecule has 0 radical (unpaired) electrons. The summed E-state index contributed by atoms with van der Waals surface area (Å²) in [5.74, 6) is 0.184. The molecule has 1 amide bonds. The number of hydrogen-bond acceptors (Lipinski definition) is 4. The lowest BCUT2D eigenvalue weighted by molar-refractivity contribution is -0.131. The van der Waals surface area contributed by atoms with Gasteiger partial charge in [-0.1, -0.05) is 6.07 Å². The third-order valence-corrected chi connectivity index (χ3v) is 4.84. The summed E-state index contributed by atoms with van der Waals surface area (Å²) in [5, 5.41) is 0. The molecule has 2 aliphatic heterocycles. The van der Waals surface area contributed by atoms with Crippen LogP contribution in [0, 0.1) is 5.41 Å². The van der Waals surface area contributed by atoms with Crippen LogP contribution in [0.2, 0.25) is 0 Å². The van der Waals surface area contributed by atoms with Gasteiger partial charge in [0.2, 0.25) is 5.91 Å². The number of likely N-dealkylation sites (tertiary alicyclic amines) is 1. The Hall–Kier alpha value is -1.46. The summed E-state index contributed by atoms with van der Waals surface area (Å²) in [4.78, 5) is 17.6. The Morgan fingerprint density at radius 1 is 1.45 bits per heavy atom. The molecule has 0 saturated carbocycles. The molecule has 1 aromatic heterocycles. The van der Waals surface area contributed by atoms with E-state index in [1.807, 2.05) is 23.1 Å². The van der Waals surface area contributed by atoms with Crippen LogP contribution in [0.3, 0.4) is 0 Å². The topological polar surface area (TPSA) is 51.7 Å². The molecule has 0 unspecified atom stereocenters. The molecule has 5 nitrogen and oxygen atoms in total. The highest BCUT2D eigenvalue weighted by Gasteiger charge is 2.42. The molecule has 3 heterocycles. The predicted molar refractivity (Wildman–Crippen MR) is 82.2 cm³/mol. The first-order chi connectivity index (χ1) is 10.7. The number of aromatic nitrogens is 1. The summed E-state index contributed by atoms with van der Waals surface area (Å²) in [5.41, 5.74) is 1.20. The molecule has 120 valence electrons. The quantitative estimate of drug-likeness (QED) is 0.854. The molecule has 0 N–H and O–H groups in total. The third kappa shape index (κ3) is 3.65. The van der Waals surface area contributed by atoms with E-state index in [2.05, 4.69) is 4.98 Å². The highest BCUT2D eigenvalue weighted by molar-refractivity contribution is 5.73. The zero-order valence-corrected chi connectivity index (χ0v) is 13.2. The fourth-order valence-electron chi connectivity index (χ4n) is 3.43. The Morgan fingerprint density at radius 3 is 2.95 bits per heavy atom. The normalized spacial score (nSPS) is 23.9. The molecule has 1 aromatic rings. The van der Waals surface area contributed by atoms with E-state index in [1.165, 1.54) is 0 Å². The van der Waals surface area contributed by atoms with Crippen molar-refractivity contribution in [3.05, 3.63) is 30.1 Å². The minimum atomic E-state index is 0.174. The maximum Gasteiger partial charge on any atom is 0.219 e. The molecule has 0 aliphatic carbocycles. The molecule has 0 bridgehead atoms. The molecular formula is C17H24N2O3. The zero-order chi connectivity index (χ0) is 15.4. The van der Waals surface area contributed by atoms with Crippen LogP contribution >= 0.6 is 0 Å². The molecular weight excluding hydrogens is 280 g/mol. The van der Waals surface area contributed by atoms with Crippen molar-refractivity contribution in [2.45, 2.75) is 38.9 Å². The van der Waals surface area contributed by atoms with Gasteiger partial charge in [-0.05, 0) is 36.8 Å². The molecule has 2 aliphatic rings. The Kier molecular flexibility index (Phi) is 4.74. The van der Waals surface area contributed by atoms with Crippen LogP contribution < -0.4 is 0 Å². The van der Waals surface area contributed by atoms with Gasteiger partial charge in [-0.25, -0.2) is 0 Å². The van der Waals surface area contributed by atoms with Crippen molar-refractivity contribution in [2.75, 3.05) is 26.3 Å². The average Bonchev–Trinajstić information content (AvgIpc) is 2.92. The van der Waals surface area contributed by atoms with Crippen molar-refractivity contribution in [3.8, 4) is 0 Å². The summed E-state index contributed by atoms with van der Waals surface area (Å²) in [6.07, 6.45) is 5.09. The number of ether oxygens (including phenoxy) is 2. The summed E-state index contributed by atoms with van der Waals surface area (Å²) < 4.78 is 11.7. The minimum absolute atomic E-state index is 0.174. The van der Waals surface area contributed by atoms with Crippen LogP contribution in [0.25, 0.3) is 0 Å². The number of carbonyl (C=O) groups is 1. The van der Waals surface area contributed by atoms with E-state index in [4.69, 9.17) is 9.47 Å². The van der Waals surface area contributed by atoms with E-state index in [0.717, 1.165) is 44.7 Å². The highest BCUT2D eigenvalue weighted by Crippen LogP contribution is 2.42. The largest absolute Gasteiger partial charge is 0.375 e. The van der Waals surface area contributed by atoms with E-state index < -0.39 is 0 Å². The molecule has 3 rings (SSSR count). The third-order valence-electron chi connectivity index (χ3n) is 4.84. The second-order valence-corrected chi connectivity index (χ2v) is 6.48. The van der Waals surface area contributed by atoms with Gasteiger partial charge < -0.3 is 14.4 Å². The van der Waals surface area contributed by atoms with Gasteiger partial charge in [-0.3, -0.25) is 9.78 Å². The minimum Gasteiger partial charge on any atom is -0.375 e. The lowest BCUT2D eigenvalue weighted by atomic mass is 9.76. The first kappa shape index (κ1) is 15.4. The van der Waals surface area contributed by atoms with E-state index in [0.29, 0.717) is 13.2 Å². The van der Waals surface area contributed by atoms with Crippen molar-refractivity contribution in [1.82, 2.24) is 9.88 Å². The maximum absolute atomic E-state index is 11.4. The predicted octanol–water partition coefficient (Wildman–Crippen LogP) is 2.02. The van der Waals surface area contributed by atoms with E-state index >= 15 is 0 Å². The second-order valence-electron chi connectivity index (χ2n) is 6.48. The second kappa shape index (κ2) is 6.75. The number of nitrogens with zero attached hydrogens (tertiary/aromatic N) is 2. The van der Waals surface area contributed by atoms with Crippen molar-refractivity contribution >= 4 is 5.91 Å². The zero-order valence-electron chi connectivity index (χ0n) is 13.2. The van der Waals surface area contributed by atoms with Gasteiger partial charge in [0.05, 0.1) is 31.6 Å². The maximum atomic E-state index is 11.4. The van der Waals surface area contributed by atoms with Crippen molar-refractivity contribution < 1.29 is 14.3 Å². The molecule has 22 heavy (non-hydrogen) atoms. The van der Waals surface area contributed by atoms with E-state index in [9.17, 15) is 4.79 Å². The number of hydrogen-bond donors (Lipinski definition) is 0. The van der Waals surface area contributed by atoms with Gasteiger partial charge in [0.25, 0.3) is 0 Å². The van der Waals surface area contributed by atoms with E-state index in [-0.39, 0.29) is 17.4 Å². The van der Waals surface area contributed by atoms with Crippen LogP contribution in [0.5, 0.6) is 0 Å². The number of piperidine rings is 1. The van der Waals surface area contributed by atoms with Gasteiger partial charge in [0.1, 0.15) is 0 Å². The molecule has 1 atom stereocenters. The van der Waals surface area contributed by atoms with Crippen LogP contribution in [0.15, 0.2) is 24.4 Å². The summed E-state index contributed by atoms with van der Waals surface area (Å²) in [6, 6.07) is 5.84. The van der Waals surface area contributed by atoms with Crippen molar-refractivity contribution in [1.29, 1.82) is 0 Å². The van der Waals surface area contributed by atoms with E-state index in [1.54, 1.807) is 13.1 Å². The first-order valence-electron chi connectivity index (χ1n) is 8.02. The Labute approximate surface area is 131 Å². The Bertz CT molecular complexity index is 498. The standard InChI is InChI=1S/C17H24N2O3/c1-14(20)19-8-5-17(6-9-19)10-16(22-13-17)12-21-11-15-4-2-3-7-18-15/h2-4,7,16H,5-6,8-13H2,1H3/t16-/m0/s1. The molecule has 2 fully saturated rings. The van der Waals surface area contributed by atoms with Crippen LogP contribution in [-0.4, -0.2) is 48.2 Å². The number of amides is 1. The van der Waals surface area contributed by atoms with Gasteiger partial charge in [-0.2, -0.15) is 0 Å². The molecule has 1 spiro atoms. The summed E-state index contributed by atoms with van der Waals surface area (Å²) in [6.45, 7) is 5.33. The molecule has 5 heteroatoms. The van der Waals surface area contributed by atoms with Crippen molar-refractivity contribution in [3.63, 3.8) is 0 Å². The smallest absolute Gasteiger partial charge is 0.219 e. The van der Waals surface area contributed by atoms with Crippen LogP contribution in [-0.2, 0) is 20.9 Å². The van der Waals surface area contributed by atoms with Gasteiger partial charge >= 0.3 is 0 Å². The van der Waals surface area contributed by atoms with Crippen molar-refractivity contribution in [2.24, 2.45) is 5.41 Å². The SMILES string of the molecule is CC(=O)N1CCC2(CC1)CO[C@H](COCc1ccccn1)C2. The lowest BCUT2D eigenvalue weighted by Crippen LogP contribution is -2.42. The monoisotopic (exact) mass is 304 g/mol. The van der Waals surface area contributed by atoms with Gasteiger partial charge in [0, 0.05) is 26.2 Å². The Morgan fingerprint density at radius 2 is 2.27 bits per heavy atom. The summed E-state index contributed by atoms with van der Waals surface area (Å²) in [7, 11) is 0. The first-order valence-corrected chi connectivity index (χ1v) is 8.02. The fraction of sp³-hybridized carbons (Fsp3) is 0.647. The summed E-state index contributed by atoms with van der Waals surface area (Å²) >= 11 is 0. The average molecular weight is 304 g/mol. The fourth-order valence-corrected chi connectivity index (χ4v) is 3.43. The Balaban J connectivity index is 1.42. The molecule has 2 saturated heterocycles. The number of carbonyl (C=O) groups excluding carboxylic acids is 1. The van der Waals surface area contributed by atoms with Crippen LogP contribution in [0.4, 0.5) is 0 Å². The number of rotatable bonds is 4. The number of pyridine rings is 1. The van der Waals surface area contributed by atoms with Crippen LogP contribution in [0.1, 0.15) is 31.9 Å². The lowest BCUT2D eigenvalue weighted by Gasteiger charge is -2.38. The highest BCUT2D eigenvalue weighted by atomic mass is 16.5. The van der Waals surface area contributed by atoms with Gasteiger partial charge in [-0.15, -0.1) is 0 Å².